The molecule has 0 amide bonds. The minimum Gasteiger partial charge on any atom is -0.452 e. The van der Waals surface area contributed by atoms with E-state index in [4.69, 9.17) is 16.0 Å². The molecular weight excluding hydrogens is 272 g/mol. The molecular formula is C17H13ClO2. The van der Waals surface area contributed by atoms with Gasteiger partial charge < -0.3 is 4.42 Å². The first-order valence-electron chi connectivity index (χ1n) is 6.36. The molecule has 3 heteroatoms. The Morgan fingerprint density at radius 2 is 1.85 bits per heavy atom. The molecule has 0 saturated heterocycles. The summed E-state index contributed by atoms with van der Waals surface area (Å²) in [7, 11) is 0. The first kappa shape index (κ1) is 12.9. The maximum Gasteiger partial charge on any atom is 0.228 e. The lowest BCUT2D eigenvalue weighted by Gasteiger charge is -2.01. The van der Waals surface area contributed by atoms with Crippen LogP contribution in [0.25, 0.3) is 11.0 Å². The van der Waals surface area contributed by atoms with Gasteiger partial charge in [-0.25, -0.2) is 0 Å². The number of ketones is 1. The van der Waals surface area contributed by atoms with Crippen LogP contribution in [0.1, 0.15) is 27.2 Å². The monoisotopic (exact) mass is 284 g/mol. The quantitative estimate of drug-likeness (QED) is 0.624. The maximum absolute atomic E-state index is 12.5. The van der Waals surface area contributed by atoms with Crippen LogP contribution >= 0.6 is 11.6 Å². The van der Waals surface area contributed by atoms with Crippen molar-refractivity contribution in [1.29, 1.82) is 0 Å². The van der Waals surface area contributed by atoms with E-state index >= 15 is 0 Å². The largest absolute Gasteiger partial charge is 0.452 e. The third-order valence-corrected chi connectivity index (χ3v) is 3.81. The van der Waals surface area contributed by atoms with Crippen molar-refractivity contribution in [2.75, 3.05) is 0 Å². The van der Waals surface area contributed by atoms with Crippen LogP contribution in [0.4, 0.5) is 0 Å². The van der Waals surface area contributed by atoms with Gasteiger partial charge in [-0.15, -0.1) is 0 Å². The Labute approximate surface area is 122 Å². The van der Waals surface area contributed by atoms with Crippen LogP contribution in [0.5, 0.6) is 0 Å². The molecule has 3 rings (SSSR count). The van der Waals surface area contributed by atoms with Crippen LogP contribution in [0.2, 0.25) is 5.02 Å². The summed E-state index contributed by atoms with van der Waals surface area (Å²) in [5.41, 5.74) is 3.25. The van der Waals surface area contributed by atoms with Crippen LogP contribution in [-0.2, 0) is 0 Å². The fourth-order valence-electron chi connectivity index (χ4n) is 2.25. The number of benzene rings is 2. The van der Waals surface area contributed by atoms with Crippen LogP contribution in [0, 0.1) is 13.8 Å². The number of hydrogen-bond acceptors (Lipinski definition) is 2. The van der Waals surface area contributed by atoms with Gasteiger partial charge in [0, 0.05) is 16.0 Å². The fraction of sp³-hybridized carbons (Fsp3) is 0.118. The van der Waals surface area contributed by atoms with E-state index in [9.17, 15) is 4.79 Å². The smallest absolute Gasteiger partial charge is 0.228 e. The Kier molecular flexibility index (Phi) is 3.11. The molecule has 0 spiro atoms. The lowest BCUT2D eigenvalue weighted by atomic mass is 10.1. The number of rotatable bonds is 2. The second-order valence-electron chi connectivity index (χ2n) is 4.90. The van der Waals surface area contributed by atoms with Gasteiger partial charge in [0.25, 0.3) is 0 Å². The van der Waals surface area contributed by atoms with Gasteiger partial charge in [-0.2, -0.15) is 0 Å². The Bertz CT molecular complexity index is 815. The summed E-state index contributed by atoms with van der Waals surface area (Å²) in [5.74, 6) is 0.233. The molecule has 0 radical (unpaired) electrons. The molecule has 20 heavy (non-hydrogen) atoms. The Hall–Kier alpha value is -2.06. The van der Waals surface area contributed by atoms with E-state index in [1.807, 2.05) is 32.0 Å². The molecule has 0 N–H and O–H groups in total. The zero-order valence-corrected chi connectivity index (χ0v) is 12.0. The van der Waals surface area contributed by atoms with Crippen LogP contribution in [0.3, 0.4) is 0 Å². The van der Waals surface area contributed by atoms with Gasteiger partial charge in [-0.1, -0.05) is 29.8 Å². The topological polar surface area (TPSA) is 30.2 Å². The van der Waals surface area contributed by atoms with Gasteiger partial charge in [0.05, 0.1) is 0 Å². The predicted octanol–water partition coefficient (Wildman–Crippen LogP) is 4.93. The number of para-hydroxylation sites is 1. The van der Waals surface area contributed by atoms with Crippen molar-refractivity contribution in [3.05, 3.63) is 69.9 Å². The van der Waals surface area contributed by atoms with E-state index < -0.39 is 0 Å². The summed E-state index contributed by atoms with van der Waals surface area (Å²) >= 11 is 5.98. The minimum absolute atomic E-state index is 0.125. The Morgan fingerprint density at radius 3 is 2.55 bits per heavy atom. The van der Waals surface area contributed by atoms with E-state index in [0.717, 1.165) is 22.1 Å². The summed E-state index contributed by atoms with van der Waals surface area (Å²) in [6.07, 6.45) is 0. The molecule has 3 aromatic rings. The van der Waals surface area contributed by atoms with E-state index in [-0.39, 0.29) is 5.78 Å². The van der Waals surface area contributed by atoms with Crippen molar-refractivity contribution < 1.29 is 9.21 Å². The lowest BCUT2D eigenvalue weighted by Crippen LogP contribution is -1.99. The Morgan fingerprint density at radius 1 is 1.05 bits per heavy atom. The van der Waals surface area contributed by atoms with Gasteiger partial charge in [0.1, 0.15) is 5.58 Å². The second-order valence-corrected chi connectivity index (χ2v) is 5.30. The summed E-state index contributed by atoms with van der Waals surface area (Å²) in [4.78, 5) is 12.5. The molecule has 1 aromatic heterocycles. The number of hydrogen-bond donors (Lipinski definition) is 0. The van der Waals surface area contributed by atoms with Crippen molar-refractivity contribution in [2.24, 2.45) is 0 Å². The summed E-state index contributed by atoms with van der Waals surface area (Å²) in [6, 6.07) is 12.9. The van der Waals surface area contributed by atoms with E-state index in [1.54, 1.807) is 24.3 Å². The molecule has 0 unspecified atom stereocenters. The summed E-state index contributed by atoms with van der Waals surface area (Å²) in [6.45, 7) is 3.84. The van der Waals surface area contributed by atoms with E-state index in [2.05, 4.69) is 0 Å². The summed E-state index contributed by atoms with van der Waals surface area (Å²) < 4.78 is 5.70. The first-order valence-corrected chi connectivity index (χ1v) is 6.74. The molecule has 0 saturated carbocycles. The highest BCUT2D eigenvalue weighted by molar-refractivity contribution is 6.31. The first-order chi connectivity index (χ1) is 9.56. The van der Waals surface area contributed by atoms with Gasteiger partial charge in [-0.05, 0) is 49.2 Å². The highest BCUT2D eigenvalue weighted by atomic mass is 35.5. The zero-order chi connectivity index (χ0) is 14.3. The number of aryl methyl sites for hydroxylation is 2. The molecule has 0 aliphatic carbocycles. The number of carbonyl (C=O) groups is 1. The van der Waals surface area contributed by atoms with Crippen molar-refractivity contribution >= 4 is 28.4 Å². The average molecular weight is 285 g/mol. The van der Waals surface area contributed by atoms with E-state index in [0.29, 0.717) is 16.3 Å². The van der Waals surface area contributed by atoms with Crippen molar-refractivity contribution in [1.82, 2.24) is 0 Å². The highest BCUT2D eigenvalue weighted by Gasteiger charge is 2.16. The van der Waals surface area contributed by atoms with Crippen molar-refractivity contribution in [3.8, 4) is 0 Å². The van der Waals surface area contributed by atoms with Crippen LogP contribution in [-0.4, -0.2) is 5.78 Å². The van der Waals surface area contributed by atoms with Crippen LogP contribution < -0.4 is 0 Å². The number of carbonyl (C=O) groups excluding carboxylic acids is 1. The van der Waals surface area contributed by atoms with Gasteiger partial charge >= 0.3 is 0 Å². The second kappa shape index (κ2) is 4.80. The molecule has 0 fully saturated rings. The third kappa shape index (κ3) is 2.12. The number of furan rings is 1. The predicted molar refractivity (Wildman–Crippen MR) is 80.6 cm³/mol. The third-order valence-electron chi connectivity index (χ3n) is 3.38. The summed E-state index contributed by atoms with van der Waals surface area (Å²) in [5, 5.41) is 1.60. The highest BCUT2D eigenvalue weighted by Crippen LogP contribution is 2.25. The maximum atomic E-state index is 12.5. The lowest BCUT2D eigenvalue weighted by molar-refractivity contribution is 0.101. The molecule has 2 aromatic carbocycles. The number of fused-ring (bicyclic) bond motifs is 1. The van der Waals surface area contributed by atoms with Crippen molar-refractivity contribution in [3.63, 3.8) is 0 Å². The van der Waals surface area contributed by atoms with Gasteiger partial charge in [0.2, 0.25) is 5.78 Å². The van der Waals surface area contributed by atoms with E-state index in [1.165, 1.54) is 0 Å². The van der Waals surface area contributed by atoms with Crippen LogP contribution in [0.15, 0.2) is 46.9 Å². The molecule has 0 atom stereocenters. The average Bonchev–Trinajstić information content (AvgIpc) is 2.86. The van der Waals surface area contributed by atoms with Crippen molar-refractivity contribution in [2.45, 2.75) is 13.8 Å². The SMILES string of the molecule is Cc1cc(C(=O)c2cc3cccc(C)c3o2)ccc1Cl. The molecule has 0 aliphatic heterocycles. The number of halogens is 1. The molecule has 1 heterocycles. The molecule has 0 aliphatic rings. The molecule has 100 valence electrons. The standard InChI is InChI=1S/C17H13ClO2/c1-10-4-3-5-13-9-15(20-17(10)13)16(19)12-6-7-14(18)11(2)8-12/h3-9H,1-2H3. The van der Waals surface area contributed by atoms with Gasteiger partial charge in [-0.3, -0.25) is 4.79 Å². The minimum atomic E-state index is -0.125. The fourth-order valence-corrected chi connectivity index (χ4v) is 2.37. The Balaban J connectivity index is 2.08. The normalized spacial score (nSPS) is 10.9. The van der Waals surface area contributed by atoms with Gasteiger partial charge in [0.15, 0.2) is 5.76 Å². The molecule has 0 bridgehead atoms. The zero-order valence-electron chi connectivity index (χ0n) is 11.2. The molecule has 2 nitrogen and oxygen atoms in total.